The minimum absolute atomic E-state index is 0.126. The summed E-state index contributed by atoms with van der Waals surface area (Å²) >= 11 is 0. The first-order valence-corrected chi connectivity index (χ1v) is 12.2. The van der Waals surface area contributed by atoms with Crippen molar-refractivity contribution in [3.8, 4) is 17.2 Å². The fourth-order valence-electron chi connectivity index (χ4n) is 3.35. The van der Waals surface area contributed by atoms with Crippen LogP contribution in [0, 0.1) is 0 Å². The Hall–Kier alpha value is -4.84. The Morgan fingerprint density at radius 1 is 1.03 bits per heavy atom. The molecule has 12 heteroatoms. The molecule has 190 valence electrons. The zero-order chi connectivity index (χ0) is 26.6. The van der Waals surface area contributed by atoms with Crippen LogP contribution in [0.15, 0.2) is 81.8 Å². The normalized spacial score (nSPS) is 13.4. The number of nitrogens with one attached hydrogen (secondary N) is 1. The van der Waals surface area contributed by atoms with Gasteiger partial charge in [0, 0.05) is 11.8 Å². The Kier molecular flexibility index (Phi) is 7.11. The molecule has 0 aliphatic carbocycles. The number of fused-ring (bicyclic) bond motifs is 1. The largest absolute Gasteiger partial charge is 0.497 e. The number of benzene rings is 3. The number of carbonyl (C=O) groups is 2. The lowest BCUT2D eigenvalue weighted by Crippen LogP contribution is -2.24. The third-order valence-corrected chi connectivity index (χ3v) is 6.41. The molecule has 0 unspecified atom stereocenters. The van der Waals surface area contributed by atoms with E-state index in [0.717, 1.165) is 0 Å². The van der Waals surface area contributed by atoms with Gasteiger partial charge < -0.3 is 31.0 Å². The summed E-state index contributed by atoms with van der Waals surface area (Å²) in [6.45, 7) is -0.284. The lowest BCUT2D eigenvalue weighted by atomic mass is 10.1. The van der Waals surface area contributed by atoms with Gasteiger partial charge in [-0.1, -0.05) is 12.1 Å². The van der Waals surface area contributed by atoms with E-state index in [9.17, 15) is 18.0 Å². The summed E-state index contributed by atoms with van der Waals surface area (Å²) in [5.41, 5.74) is 11.8. The first kappa shape index (κ1) is 25.3. The maximum Gasteiger partial charge on any atom is 0.285 e. The van der Waals surface area contributed by atoms with Crippen LogP contribution in [-0.2, 0) is 14.8 Å². The second-order valence-electron chi connectivity index (χ2n) is 7.72. The Morgan fingerprint density at radius 3 is 2.35 bits per heavy atom. The summed E-state index contributed by atoms with van der Waals surface area (Å²) in [7, 11) is -2.48. The molecule has 0 fully saturated rings. The molecule has 0 saturated carbocycles. The van der Waals surface area contributed by atoms with Crippen LogP contribution in [-0.4, -0.2) is 39.8 Å². The van der Waals surface area contributed by atoms with Crippen molar-refractivity contribution in [2.75, 3.05) is 19.0 Å². The molecule has 0 aromatic heterocycles. The molecule has 1 amide bonds. The van der Waals surface area contributed by atoms with E-state index in [1.807, 2.05) is 0 Å². The number of anilines is 1. The number of carbonyl (C=O) groups excluding carboxylic acids is 2. The lowest BCUT2D eigenvalue weighted by Gasteiger charge is -2.08. The van der Waals surface area contributed by atoms with Crippen molar-refractivity contribution in [3.63, 3.8) is 0 Å². The van der Waals surface area contributed by atoms with Crippen LogP contribution in [0.5, 0.6) is 17.2 Å². The quantitative estimate of drug-likeness (QED) is 0.228. The van der Waals surface area contributed by atoms with E-state index >= 15 is 0 Å². The molecule has 1 aliphatic heterocycles. The zero-order valence-electron chi connectivity index (χ0n) is 19.5. The fraction of sp³-hybridized carbons (Fsp3) is 0.0800. The van der Waals surface area contributed by atoms with Gasteiger partial charge in [0.15, 0.2) is 12.4 Å². The van der Waals surface area contributed by atoms with Crippen molar-refractivity contribution < 1.29 is 32.2 Å². The number of nitrogens with two attached hydrogens (primary N) is 2. The summed E-state index contributed by atoms with van der Waals surface area (Å²) in [6.07, 6.45) is 1.61. The highest BCUT2D eigenvalue weighted by molar-refractivity contribution is 7.90. The van der Waals surface area contributed by atoms with E-state index in [0.29, 0.717) is 34.1 Å². The molecule has 0 bridgehead atoms. The van der Waals surface area contributed by atoms with Gasteiger partial charge in [-0.25, -0.2) is 0 Å². The van der Waals surface area contributed by atoms with Gasteiger partial charge in [-0.3, -0.25) is 9.59 Å². The summed E-state index contributed by atoms with van der Waals surface area (Å²) in [6, 6.07) is 17.1. The molecule has 1 heterocycles. The highest BCUT2D eigenvalue weighted by Gasteiger charge is 2.27. The van der Waals surface area contributed by atoms with Crippen LogP contribution in [0.2, 0.25) is 0 Å². The van der Waals surface area contributed by atoms with Gasteiger partial charge in [-0.2, -0.15) is 8.42 Å². The number of ether oxygens (including phenoxy) is 3. The smallest absolute Gasteiger partial charge is 0.285 e. The molecule has 1 aliphatic rings. The molecular formula is C25H22N4O7S. The predicted octanol–water partition coefficient (Wildman–Crippen LogP) is 2.29. The highest BCUT2D eigenvalue weighted by atomic mass is 32.2. The maximum absolute atomic E-state index is 12.6. The zero-order valence-corrected chi connectivity index (χ0v) is 20.3. The van der Waals surface area contributed by atoms with Gasteiger partial charge >= 0.3 is 0 Å². The van der Waals surface area contributed by atoms with Gasteiger partial charge in [0.05, 0.1) is 17.6 Å². The number of Topliss-reactive ketones (excluding diaryl/α,β-unsaturated/α-hetero) is 1. The number of allylic oxidation sites excluding steroid dienone is 1. The van der Waals surface area contributed by atoms with E-state index in [1.54, 1.807) is 48.5 Å². The number of hydrogen-bond donors (Lipinski definition) is 3. The topological polar surface area (TPSA) is 172 Å². The number of methoxy groups -OCH3 is 1. The Balaban J connectivity index is 1.32. The second-order valence-corrected chi connectivity index (χ2v) is 9.33. The van der Waals surface area contributed by atoms with E-state index < -0.39 is 21.9 Å². The molecule has 0 radical (unpaired) electrons. The van der Waals surface area contributed by atoms with Crippen molar-refractivity contribution in [2.45, 2.75) is 4.90 Å². The van der Waals surface area contributed by atoms with Gasteiger partial charge in [-0.15, -0.1) is 4.40 Å². The summed E-state index contributed by atoms with van der Waals surface area (Å²) in [5.74, 6) is 0.390. The third-order valence-electron chi connectivity index (χ3n) is 5.09. The molecule has 11 nitrogen and oxygen atoms in total. The summed E-state index contributed by atoms with van der Waals surface area (Å²) < 4.78 is 43.4. The number of guanidine groups is 1. The Bertz CT molecular complexity index is 1510. The van der Waals surface area contributed by atoms with E-state index in [-0.39, 0.29) is 23.0 Å². The van der Waals surface area contributed by atoms with Crippen molar-refractivity contribution >= 4 is 39.4 Å². The van der Waals surface area contributed by atoms with E-state index in [1.165, 1.54) is 31.4 Å². The average molecular weight is 523 g/mol. The fourth-order valence-corrected chi connectivity index (χ4v) is 4.22. The van der Waals surface area contributed by atoms with Crippen LogP contribution in [0.25, 0.3) is 6.08 Å². The lowest BCUT2D eigenvalue weighted by molar-refractivity contribution is -0.118. The SMILES string of the molecule is COc1ccc2c(c1)O/C(=C/c1ccc(OCC(=O)Nc3ccc(S(=O)(=O)N=C(N)N)cc3)cc1)C2=O. The van der Waals surface area contributed by atoms with Crippen LogP contribution < -0.4 is 31.0 Å². The van der Waals surface area contributed by atoms with Crippen molar-refractivity contribution in [2.24, 2.45) is 15.9 Å². The molecule has 0 spiro atoms. The van der Waals surface area contributed by atoms with Gasteiger partial charge in [0.25, 0.3) is 15.9 Å². The highest BCUT2D eigenvalue weighted by Crippen LogP contribution is 2.34. The second kappa shape index (κ2) is 10.4. The minimum atomic E-state index is -4.02. The van der Waals surface area contributed by atoms with Crippen LogP contribution in [0.1, 0.15) is 15.9 Å². The predicted molar refractivity (Wildman–Crippen MR) is 136 cm³/mol. The van der Waals surface area contributed by atoms with Gasteiger partial charge in [0.2, 0.25) is 11.7 Å². The van der Waals surface area contributed by atoms with Gasteiger partial charge in [0.1, 0.15) is 17.2 Å². The first-order chi connectivity index (χ1) is 17.6. The monoisotopic (exact) mass is 522 g/mol. The van der Waals surface area contributed by atoms with Crippen molar-refractivity contribution in [3.05, 3.63) is 83.6 Å². The molecule has 5 N–H and O–H groups in total. The summed E-state index contributed by atoms with van der Waals surface area (Å²) in [5, 5.41) is 2.60. The Morgan fingerprint density at radius 2 is 1.70 bits per heavy atom. The number of hydrogen-bond acceptors (Lipinski definition) is 7. The summed E-state index contributed by atoms with van der Waals surface area (Å²) in [4.78, 5) is 24.6. The molecular weight excluding hydrogens is 500 g/mol. The molecule has 37 heavy (non-hydrogen) atoms. The number of amides is 1. The molecule has 3 aromatic rings. The number of sulfonamides is 1. The molecule has 4 rings (SSSR count). The number of ketones is 1. The minimum Gasteiger partial charge on any atom is -0.497 e. The van der Waals surface area contributed by atoms with E-state index in [2.05, 4.69) is 9.71 Å². The third kappa shape index (κ3) is 6.05. The van der Waals surface area contributed by atoms with Crippen LogP contribution in [0.4, 0.5) is 5.69 Å². The van der Waals surface area contributed by atoms with Crippen molar-refractivity contribution in [1.82, 2.24) is 0 Å². The van der Waals surface area contributed by atoms with E-state index in [4.69, 9.17) is 25.7 Å². The first-order valence-electron chi connectivity index (χ1n) is 10.8. The Labute approximate surface area is 212 Å². The van der Waals surface area contributed by atoms with Crippen LogP contribution >= 0.6 is 0 Å². The number of nitrogens with zero attached hydrogens (tertiary/aromatic N) is 1. The maximum atomic E-state index is 12.6. The molecule has 3 aromatic carbocycles. The number of rotatable bonds is 8. The van der Waals surface area contributed by atoms with Crippen LogP contribution in [0.3, 0.4) is 0 Å². The van der Waals surface area contributed by atoms with Gasteiger partial charge in [-0.05, 0) is 60.2 Å². The molecule has 0 atom stereocenters. The average Bonchev–Trinajstić information content (AvgIpc) is 3.17. The molecule has 0 saturated heterocycles. The standard InChI is InChI=1S/C25H22N4O7S/c1-34-18-8-11-20-21(13-18)36-22(24(20)31)12-15-2-6-17(7-3-15)35-14-23(30)28-16-4-9-19(10-5-16)37(32,33)29-25(26)27/h2-13H,14H2,1H3,(H,28,30)(H4,26,27,29)/b22-12+. The van der Waals surface area contributed by atoms with Crippen molar-refractivity contribution in [1.29, 1.82) is 0 Å².